The van der Waals surface area contributed by atoms with Crippen molar-refractivity contribution in [2.75, 3.05) is 33.8 Å². The number of halogens is 1. The van der Waals surface area contributed by atoms with Gasteiger partial charge < -0.3 is 19.0 Å². The smallest absolute Gasteiger partial charge is 0.289 e. The lowest BCUT2D eigenvalue weighted by Crippen LogP contribution is -2.48. The van der Waals surface area contributed by atoms with Crippen molar-refractivity contribution in [1.82, 2.24) is 9.80 Å². The summed E-state index contributed by atoms with van der Waals surface area (Å²) in [5.74, 6) is 2.15. The maximum atomic E-state index is 12.7. The molecule has 4 atom stereocenters. The summed E-state index contributed by atoms with van der Waals surface area (Å²) >= 11 is 5.81. The molecule has 6 heteroatoms. The van der Waals surface area contributed by atoms with Crippen LogP contribution in [0.1, 0.15) is 36.2 Å². The van der Waals surface area contributed by atoms with Crippen LogP contribution in [0.15, 0.2) is 16.5 Å². The molecule has 0 bridgehead atoms. The number of rotatable bonds is 5. The zero-order chi connectivity index (χ0) is 17.6. The minimum absolute atomic E-state index is 0.0434. The van der Waals surface area contributed by atoms with Crippen molar-refractivity contribution in [2.24, 2.45) is 17.8 Å². The van der Waals surface area contributed by atoms with E-state index in [-0.39, 0.29) is 17.2 Å². The minimum atomic E-state index is -0.0434. The van der Waals surface area contributed by atoms with E-state index in [2.05, 4.69) is 19.0 Å². The van der Waals surface area contributed by atoms with Crippen molar-refractivity contribution in [1.29, 1.82) is 0 Å². The second-order valence-corrected chi connectivity index (χ2v) is 8.52. The molecule has 138 valence electrons. The number of amides is 1. The first-order chi connectivity index (χ1) is 12.0. The van der Waals surface area contributed by atoms with E-state index in [1.165, 1.54) is 12.8 Å². The Bertz CT molecular complexity index is 628. The summed E-state index contributed by atoms with van der Waals surface area (Å²) < 4.78 is 11.6. The van der Waals surface area contributed by atoms with E-state index < -0.39 is 0 Å². The number of hydrogen-bond donors (Lipinski definition) is 0. The molecule has 0 unspecified atom stereocenters. The number of fused-ring (bicyclic) bond motifs is 1. The molecule has 1 aromatic heterocycles. The minimum Gasteiger partial charge on any atom is -0.440 e. The summed E-state index contributed by atoms with van der Waals surface area (Å²) in [5.41, 5.74) is 0. The fraction of sp³-hybridized carbons (Fsp3) is 0.737. The van der Waals surface area contributed by atoms with Gasteiger partial charge in [0.1, 0.15) is 0 Å². The molecule has 5 nitrogen and oxygen atoms in total. The third kappa shape index (κ3) is 3.74. The lowest BCUT2D eigenvalue weighted by atomic mass is 9.77. The van der Waals surface area contributed by atoms with Gasteiger partial charge in [0.25, 0.3) is 5.91 Å². The number of furan rings is 1. The molecule has 3 fully saturated rings. The molecule has 0 spiro atoms. The monoisotopic (exact) mass is 366 g/mol. The number of carbonyl (C=O) groups excluding carboxylic acids is 1. The Kier molecular flexibility index (Phi) is 4.82. The molecular formula is C19H27ClN2O3. The van der Waals surface area contributed by atoms with Crippen molar-refractivity contribution in [2.45, 2.75) is 37.8 Å². The van der Waals surface area contributed by atoms with Crippen LogP contribution in [0.25, 0.3) is 0 Å². The van der Waals surface area contributed by atoms with Crippen LogP contribution < -0.4 is 0 Å². The Morgan fingerprint density at radius 3 is 2.60 bits per heavy atom. The fourth-order valence-corrected chi connectivity index (χ4v) is 4.55. The number of hydrogen-bond acceptors (Lipinski definition) is 4. The third-order valence-electron chi connectivity index (χ3n) is 6.06. The number of likely N-dealkylation sites (tertiary alicyclic amines) is 1. The summed E-state index contributed by atoms with van der Waals surface area (Å²) in [7, 11) is 4.28. The molecule has 0 aromatic carbocycles. The summed E-state index contributed by atoms with van der Waals surface area (Å²) in [4.78, 5) is 16.9. The van der Waals surface area contributed by atoms with Crippen LogP contribution in [-0.2, 0) is 4.74 Å². The van der Waals surface area contributed by atoms with Gasteiger partial charge in [-0.05, 0) is 81.3 Å². The SMILES string of the molecule is CN(C)[C@@H]1C[C@@H]2CN(C(=O)c3ccc(Cl)o3)C[C@@H]2C[C@H]1OCC1CC1. The van der Waals surface area contributed by atoms with Gasteiger partial charge in [-0.3, -0.25) is 4.79 Å². The van der Waals surface area contributed by atoms with E-state index in [0.29, 0.717) is 23.6 Å². The Morgan fingerprint density at radius 1 is 1.28 bits per heavy atom. The Hall–Kier alpha value is -1.04. The highest BCUT2D eigenvalue weighted by Crippen LogP contribution is 2.40. The normalized spacial score (nSPS) is 32.2. The molecule has 1 aromatic rings. The van der Waals surface area contributed by atoms with E-state index in [4.69, 9.17) is 20.8 Å². The van der Waals surface area contributed by atoms with E-state index >= 15 is 0 Å². The highest BCUT2D eigenvalue weighted by Gasteiger charge is 2.45. The molecule has 1 amide bonds. The van der Waals surface area contributed by atoms with Gasteiger partial charge in [-0.15, -0.1) is 0 Å². The van der Waals surface area contributed by atoms with E-state index in [1.807, 2.05) is 4.90 Å². The van der Waals surface area contributed by atoms with Gasteiger partial charge >= 0.3 is 0 Å². The van der Waals surface area contributed by atoms with Crippen LogP contribution in [0.3, 0.4) is 0 Å². The predicted octanol–water partition coefficient (Wildman–Crippen LogP) is 3.14. The summed E-state index contributed by atoms with van der Waals surface area (Å²) in [6.07, 6.45) is 5.06. The molecule has 2 aliphatic carbocycles. The molecule has 2 heterocycles. The zero-order valence-corrected chi connectivity index (χ0v) is 15.7. The van der Waals surface area contributed by atoms with E-state index in [0.717, 1.165) is 38.5 Å². The van der Waals surface area contributed by atoms with Gasteiger partial charge in [0, 0.05) is 25.7 Å². The summed E-state index contributed by atoms with van der Waals surface area (Å²) in [6, 6.07) is 3.73. The molecular weight excluding hydrogens is 340 g/mol. The van der Waals surface area contributed by atoms with Gasteiger partial charge in [-0.25, -0.2) is 0 Å². The average Bonchev–Trinajstić information content (AvgIpc) is 3.16. The molecule has 1 aliphatic heterocycles. The molecule has 0 N–H and O–H groups in total. The number of likely N-dealkylation sites (N-methyl/N-ethyl adjacent to an activating group) is 1. The topological polar surface area (TPSA) is 45.9 Å². The fourth-order valence-electron chi connectivity index (χ4n) is 4.41. The van der Waals surface area contributed by atoms with Crippen LogP contribution in [0.4, 0.5) is 0 Å². The lowest BCUT2D eigenvalue weighted by molar-refractivity contribution is -0.0493. The van der Waals surface area contributed by atoms with Gasteiger partial charge in [0.15, 0.2) is 11.0 Å². The first-order valence-corrected chi connectivity index (χ1v) is 9.71. The second kappa shape index (κ2) is 6.93. The van der Waals surface area contributed by atoms with Crippen molar-refractivity contribution in [3.63, 3.8) is 0 Å². The Labute approximate surface area is 154 Å². The number of carbonyl (C=O) groups is 1. The lowest BCUT2D eigenvalue weighted by Gasteiger charge is -2.41. The summed E-state index contributed by atoms with van der Waals surface area (Å²) in [5, 5.41) is 0.265. The second-order valence-electron chi connectivity index (χ2n) is 8.15. The van der Waals surface area contributed by atoms with Crippen molar-refractivity contribution in [3.05, 3.63) is 23.1 Å². The van der Waals surface area contributed by atoms with Crippen LogP contribution in [-0.4, -0.2) is 61.6 Å². The first-order valence-electron chi connectivity index (χ1n) is 9.34. The zero-order valence-electron chi connectivity index (χ0n) is 15.0. The van der Waals surface area contributed by atoms with Crippen LogP contribution in [0, 0.1) is 17.8 Å². The van der Waals surface area contributed by atoms with Crippen LogP contribution in [0.2, 0.25) is 5.22 Å². The van der Waals surface area contributed by atoms with Crippen molar-refractivity contribution < 1.29 is 13.9 Å². The highest BCUT2D eigenvalue weighted by atomic mass is 35.5. The molecule has 4 rings (SSSR count). The molecule has 25 heavy (non-hydrogen) atoms. The number of ether oxygens (including phenoxy) is 1. The highest BCUT2D eigenvalue weighted by molar-refractivity contribution is 6.29. The quantitative estimate of drug-likeness (QED) is 0.803. The molecule has 2 saturated carbocycles. The van der Waals surface area contributed by atoms with Crippen molar-refractivity contribution in [3.8, 4) is 0 Å². The molecule has 3 aliphatic rings. The van der Waals surface area contributed by atoms with Crippen LogP contribution in [0.5, 0.6) is 0 Å². The van der Waals surface area contributed by atoms with Crippen LogP contribution >= 0.6 is 11.6 Å². The van der Waals surface area contributed by atoms with Gasteiger partial charge in [-0.1, -0.05) is 0 Å². The van der Waals surface area contributed by atoms with E-state index in [9.17, 15) is 4.79 Å². The van der Waals surface area contributed by atoms with Gasteiger partial charge in [-0.2, -0.15) is 0 Å². The Morgan fingerprint density at radius 2 is 2.00 bits per heavy atom. The largest absolute Gasteiger partial charge is 0.440 e. The van der Waals surface area contributed by atoms with Crippen molar-refractivity contribution >= 4 is 17.5 Å². The van der Waals surface area contributed by atoms with Gasteiger partial charge in [0.05, 0.1) is 6.10 Å². The first kappa shape index (κ1) is 17.4. The average molecular weight is 367 g/mol. The van der Waals surface area contributed by atoms with E-state index in [1.54, 1.807) is 12.1 Å². The standard InChI is InChI=1S/C19H27ClN2O3/c1-21(2)15-7-13-9-22(19(23)16-5-6-18(20)25-16)10-14(13)8-17(15)24-11-12-3-4-12/h5-6,12-15,17H,3-4,7-11H2,1-2H3/t13-,14+,15-,17-/m1/s1. The Balaban J connectivity index is 1.41. The molecule has 1 saturated heterocycles. The maximum absolute atomic E-state index is 12.7. The predicted molar refractivity (Wildman–Crippen MR) is 95.8 cm³/mol. The number of nitrogens with zero attached hydrogens (tertiary/aromatic N) is 2. The molecule has 0 radical (unpaired) electrons. The van der Waals surface area contributed by atoms with Gasteiger partial charge in [0.2, 0.25) is 0 Å². The third-order valence-corrected chi connectivity index (χ3v) is 6.27. The maximum Gasteiger partial charge on any atom is 0.289 e. The summed E-state index contributed by atoms with van der Waals surface area (Å²) in [6.45, 7) is 2.51.